The van der Waals surface area contributed by atoms with Crippen molar-refractivity contribution in [3.63, 3.8) is 0 Å². The standard InChI is InChI=1S/C9H17N3/c1-9(2,11-3)8(10)7-4-5-12-6-7/h4-6,8,11-12H,10H2,1-3H3. The Labute approximate surface area is 73.4 Å². The van der Waals surface area contributed by atoms with E-state index in [0.29, 0.717) is 0 Å². The normalized spacial score (nSPS) is 14.7. The summed E-state index contributed by atoms with van der Waals surface area (Å²) in [5.74, 6) is 0. The van der Waals surface area contributed by atoms with Crippen LogP contribution in [0, 0.1) is 0 Å². The van der Waals surface area contributed by atoms with E-state index in [-0.39, 0.29) is 11.6 Å². The van der Waals surface area contributed by atoms with Gasteiger partial charge in [0.1, 0.15) is 0 Å². The number of nitrogens with one attached hydrogen (secondary N) is 2. The van der Waals surface area contributed by atoms with Crippen LogP contribution in [-0.2, 0) is 0 Å². The minimum absolute atomic E-state index is 0.0220. The van der Waals surface area contributed by atoms with E-state index in [1.807, 2.05) is 25.5 Å². The van der Waals surface area contributed by atoms with Crippen LogP contribution in [0.15, 0.2) is 18.5 Å². The van der Waals surface area contributed by atoms with Gasteiger partial charge in [0, 0.05) is 24.0 Å². The Kier molecular flexibility index (Phi) is 2.55. The summed E-state index contributed by atoms with van der Waals surface area (Å²) < 4.78 is 0. The molecule has 12 heavy (non-hydrogen) atoms. The Balaban J connectivity index is 2.78. The third-order valence-electron chi connectivity index (χ3n) is 2.40. The van der Waals surface area contributed by atoms with Crippen LogP contribution in [0.3, 0.4) is 0 Å². The van der Waals surface area contributed by atoms with Gasteiger partial charge in [-0.25, -0.2) is 0 Å². The van der Waals surface area contributed by atoms with Gasteiger partial charge in [0.15, 0.2) is 0 Å². The first kappa shape index (κ1) is 9.29. The van der Waals surface area contributed by atoms with Crippen molar-refractivity contribution in [1.82, 2.24) is 10.3 Å². The molecule has 0 saturated heterocycles. The van der Waals surface area contributed by atoms with Gasteiger partial charge in [-0.15, -0.1) is 0 Å². The minimum atomic E-state index is -0.0673. The van der Waals surface area contributed by atoms with Crippen molar-refractivity contribution in [1.29, 1.82) is 0 Å². The van der Waals surface area contributed by atoms with Crippen LogP contribution in [0.2, 0.25) is 0 Å². The van der Waals surface area contributed by atoms with Crippen molar-refractivity contribution >= 4 is 0 Å². The highest BCUT2D eigenvalue weighted by atomic mass is 15.0. The van der Waals surface area contributed by atoms with Gasteiger partial charge in [-0.2, -0.15) is 0 Å². The van der Waals surface area contributed by atoms with Crippen molar-refractivity contribution in [2.45, 2.75) is 25.4 Å². The summed E-state index contributed by atoms with van der Waals surface area (Å²) in [7, 11) is 1.92. The molecule has 1 aromatic heterocycles. The fraction of sp³-hybridized carbons (Fsp3) is 0.556. The van der Waals surface area contributed by atoms with E-state index < -0.39 is 0 Å². The molecule has 0 spiro atoms. The fourth-order valence-corrected chi connectivity index (χ4v) is 1.10. The Morgan fingerprint density at radius 1 is 1.58 bits per heavy atom. The SMILES string of the molecule is CNC(C)(C)C(N)c1cc[nH]c1. The maximum absolute atomic E-state index is 6.05. The third kappa shape index (κ3) is 1.68. The Bertz CT molecular complexity index is 226. The van der Waals surface area contributed by atoms with Crippen LogP contribution in [0.5, 0.6) is 0 Å². The van der Waals surface area contributed by atoms with Gasteiger partial charge < -0.3 is 16.0 Å². The van der Waals surface area contributed by atoms with Crippen molar-refractivity contribution in [2.24, 2.45) is 5.73 Å². The number of hydrogen-bond acceptors (Lipinski definition) is 2. The van der Waals surface area contributed by atoms with Crippen LogP contribution >= 0.6 is 0 Å². The predicted molar refractivity (Wildman–Crippen MR) is 50.9 cm³/mol. The van der Waals surface area contributed by atoms with E-state index in [9.17, 15) is 0 Å². The third-order valence-corrected chi connectivity index (χ3v) is 2.40. The molecule has 68 valence electrons. The molecule has 3 heteroatoms. The first-order valence-electron chi connectivity index (χ1n) is 4.15. The topological polar surface area (TPSA) is 53.8 Å². The average Bonchev–Trinajstić information content (AvgIpc) is 2.55. The van der Waals surface area contributed by atoms with E-state index in [2.05, 4.69) is 24.1 Å². The quantitative estimate of drug-likeness (QED) is 0.629. The number of aromatic amines is 1. The van der Waals surface area contributed by atoms with E-state index in [0.717, 1.165) is 5.56 Å². The lowest BCUT2D eigenvalue weighted by molar-refractivity contribution is 0.349. The molecule has 0 aliphatic carbocycles. The fourth-order valence-electron chi connectivity index (χ4n) is 1.10. The molecular weight excluding hydrogens is 150 g/mol. The van der Waals surface area contributed by atoms with Crippen LogP contribution in [0.4, 0.5) is 0 Å². The Morgan fingerprint density at radius 3 is 2.67 bits per heavy atom. The zero-order valence-corrected chi connectivity index (χ0v) is 7.89. The zero-order valence-electron chi connectivity index (χ0n) is 7.89. The zero-order chi connectivity index (χ0) is 9.19. The summed E-state index contributed by atoms with van der Waals surface area (Å²) in [6.45, 7) is 4.18. The predicted octanol–water partition coefficient (Wildman–Crippen LogP) is 1.01. The van der Waals surface area contributed by atoms with E-state index in [1.54, 1.807) is 0 Å². The van der Waals surface area contributed by atoms with Gasteiger partial charge in [-0.05, 0) is 32.5 Å². The number of aromatic nitrogens is 1. The molecule has 0 fully saturated rings. The average molecular weight is 167 g/mol. The van der Waals surface area contributed by atoms with Gasteiger partial charge in [-0.1, -0.05) is 0 Å². The van der Waals surface area contributed by atoms with E-state index in [4.69, 9.17) is 5.73 Å². The van der Waals surface area contributed by atoms with Crippen LogP contribution < -0.4 is 11.1 Å². The van der Waals surface area contributed by atoms with Crippen LogP contribution in [0.1, 0.15) is 25.5 Å². The second-order valence-corrected chi connectivity index (χ2v) is 3.59. The molecule has 0 aromatic carbocycles. The Hall–Kier alpha value is -0.800. The molecule has 1 atom stereocenters. The lowest BCUT2D eigenvalue weighted by Gasteiger charge is -2.30. The molecule has 1 unspecified atom stereocenters. The second kappa shape index (κ2) is 3.29. The molecule has 0 saturated carbocycles. The van der Waals surface area contributed by atoms with Crippen LogP contribution in [-0.4, -0.2) is 17.6 Å². The van der Waals surface area contributed by atoms with Crippen molar-refractivity contribution < 1.29 is 0 Å². The van der Waals surface area contributed by atoms with Crippen molar-refractivity contribution in [3.05, 3.63) is 24.0 Å². The molecule has 0 aliphatic heterocycles. The van der Waals surface area contributed by atoms with Crippen molar-refractivity contribution in [3.8, 4) is 0 Å². The first-order chi connectivity index (χ1) is 5.58. The van der Waals surface area contributed by atoms with Crippen LogP contribution in [0.25, 0.3) is 0 Å². The number of nitrogens with two attached hydrogens (primary N) is 1. The largest absolute Gasteiger partial charge is 0.367 e. The lowest BCUT2D eigenvalue weighted by atomic mass is 9.91. The van der Waals surface area contributed by atoms with Gasteiger partial charge in [0.2, 0.25) is 0 Å². The molecule has 1 aromatic rings. The monoisotopic (exact) mass is 167 g/mol. The highest BCUT2D eigenvalue weighted by Gasteiger charge is 2.25. The molecule has 0 bridgehead atoms. The number of hydrogen-bond donors (Lipinski definition) is 3. The Morgan fingerprint density at radius 2 is 2.25 bits per heavy atom. The summed E-state index contributed by atoms with van der Waals surface area (Å²) in [4.78, 5) is 3.00. The molecular formula is C9H17N3. The molecule has 3 nitrogen and oxygen atoms in total. The van der Waals surface area contributed by atoms with Gasteiger partial charge in [-0.3, -0.25) is 0 Å². The first-order valence-corrected chi connectivity index (χ1v) is 4.15. The van der Waals surface area contributed by atoms with E-state index >= 15 is 0 Å². The maximum atomic E-state index is 6.05. The maximum Gasteiger partial charge on any atom is 0.0489 e. The molecule has 1 rings (SSSR count). The number of likely N-dealkylation sites (N-methyl/N-ethyl adjacent to an activating group) is 1. The summed E-state index contributed by atoms with van der Waals surface area (Å²) in [6, 6.07) is 2.03. The van der Waals surface area contributed by atoms with Gasteiger partial charge in [0.05, 0.1) is 0 Å². The number of rotatable bonds is 3. The van der Waals surface area contributed by atoms with Gasteiger partial charge >= 0.3 is 0 Å². The molecule has 1 heterocycles. The summed E-state index contributed by atoms with van der Waals surface area (Å²) in [5, 5.41) is 3.19. The minimum Gasteiger partial charge on any atom is -0.367 e. The highest BCUT2D eigenvalue weighted by molar-refractivity contribution is 5.17. The highest BCUT2D eigenvalue weighted by Crippen LogP contribution is 2.21. The second-order valence-electron chi connectivity index (χ2n) is 3.59. The lowest BCUT2D eigenvalue weighted by Crippen LogP contribution is -2.46. The molecule has 4 N–H and O–H groups in total. The van der Waals surface area contributed by atoms with Gasteiger partial charge in [0.25, 0.3) is 0 Å². The summed E-state index contributed by atoms with van der Waals surface area (Å²) in [6.07, 6.45) is 3.82. The molecule has 0 aliphatic rings. The van der Waals surface area contributed by atoms with Crippen molar-refractivity contribution in [2.75, 3.05) is 7.05 Å². The summed E-state index contributed by atoms with van der Waals surface area (Å²) >= 11 is 0. The summed E-state index contributed by atoms with van der Waals surface area (Å²) in [5.41, 5.74) is 7.11. The smallest absolute Gasteiger partial charge is 0.0489 e. The molecule has 0 amide bonds. The molecule has 0 radical (unpaired) electrons. The number of H-pyrrole nitrogens is 1. The van der Waals surface area contributed by atoms with E-state index in [1.165, 1.54) is 0 Å².